The first-order chi connectivity index (χ1) is 13.6. The Morgan fingerprint density at radius 2 is 1.79 bits per heavy atom. The zero-order valence-electron chi connectivity index (χ0n) is 15.5. The van der Waals surface area contributed by atoms with Gasteiger partial charge in [0.1, 0.15) is 0 Å². The topological polar surface area (TPSA) is 68.0 Å². The molecule has 1 amide bonds. The number of hydrogen-bond acceptors (Lipinski definition) is 5. The molecule has 0 saturated heterocycles. The molecule has 2 aromatic carbocycles. The predicted molar refractivity (Wildman–Crippen MR) is 110 cm³/mol. The van der Waals surface area contributed by atoms with Gasteiger partial charge in [-0.2, -0.15) is 4.98 Å². The highest BCUT2D eigenvalue weighted by atomic mass is 32.1. The van der Waals surface area contributed by atoms with E-state index in [1.807, 2.05) is 74.5 Å². The smallest absolute Gasteiger partial charge is 0.261 e. The van der Waals surface area contributed by atoms with E-state index in [1.165, 1.54) is 16.9 Å². The van der Waals surface area contributed by atoms with Gasteiger partial charge >= 0.3 is 0 Å². The highest BCUT2D eigenvalue weighted by Gasteiger charge is 2.17. The third-order valence-corrected chi connectivity index (χ3v) is 5.50. The molecule has 4 rings (SSSR count). The number of hydrogen-bond donors (Lipinski definition) is 1. The van der Waals surface area contributed by atoms with Gasteiger partial charge in [-0.3, -0.25) is 4.79 Å². The third-order valence-electron chi connectivity index (χ3n) is 4.42. The minimum Gasteiger partial charge on any atom is -0.345 e. The van der Waals surface area contributed by atoms with Gasteiger partial charge in [-0.1, -0.05) is 53.2 Å². The lowest BCUT2D eigenvalue weighted by atomic mass is 10.1. The molecule has 0 spiro atoms. The lowest BCUT2D eigenvalue weighted by Gasteiger charge is -2.13. The maximum atomic E-state index is 12.6. The van der Waals surface area contributed by atoms with Crippen LogP contribution in [0.15, 0.2) is 71.3 Å². The minimum absolute atomic E-state index is 0.0717. The fraction of sp³-hybridized carbons (Fsp3) is 0.136. The minimum atomic E-state index is -0.116. The molecule has 2 aromatic heterocycles. The molecule has 6 heteroatoms. The highest BCUT2D eigenvalue weighted by Crippen LogP contribution is 2.28. The normalized spacial score (nSPS) is 11.9. The van der Waals surface area contributed by atoms with E-state index < -0.39 is 0 Å². The van der Waals surface area contributed by atoms with Crippen molar-refractivity contribution in [2.24, 2.45) is 0 Å². The van der Waals surface area contributed by atoms with E-state index in [0.29, 0.717) is 16.6 Å². The Morgan fingerprint density at radius 3 is 2.54 bits per heavy atom. The lowest BCUT2D eigenvalue weighted by molar-refractivity contribution is 0.0944. The average Bonchev–Trinajstić information content (AvgIpc) is 3.39. The van der Waals surface area contributed by atoms with Gasteiger partial charge in [-0.05, 0) is 43.7 Å². The fourth-order valence-corrected chi connectivity index (χ4v) is 3.64. The van der Waals surface area contributed by atoms with Crippen LogP contribution < -0.4 is 5.32 Å². The molecular weight excluding hydrogens is 370 g/mol. The molecule has 1 atom stereocenters. The van der Waals surface area contributed by atoms with Gasteiger partial charge < -0.3 is 9.84 Å². The van der Waals surface area contributed by atoms with Gasteiger partial charge in [0.25, 0.3) is 11.8 Å². The lowest BCUT2D eigenvalue weighted by Crippen LogP contribution is -2.25. The molecule has 0 bridgehead atoms. The molecule has 0 aliphatic rings. The molecule has 28 heavy (non-hydrogen) atoms. The molecule has 0 aliphatic heterocycles. The van der Waals surface area contributed by atoms with Crippen LogP contribution in [-0.4, -0.2) is 16.0 Å². The van der Waals surface area contributed by atoms with Crippen LogP contribution in [0.25, 0.3) is 22.2 Å². The van der Waals surface area contributed by atoms with Crippen LogP contribution in [0.4, 0.5) is 0 Å². The van der Waals surface area contributed by atoms with Crippen molar-refractivity contribution in [2.45, 2.75) is 19.9 Å². The summed E-state index contributed by atoms with van der Waals surface area (Å²) in [4.78, 5) is 18.4. The Balaban J connectivity index is 1.48. The summed E-state index contributed by atoms with van der Waals surface area (Å²) in [6.45, 7) is 3.99. The van der Waals surface area contributed by atoms with E-state index in [2.05, 4.69) is 15.5 Å². The monoisotopic (exact) mass is 389 g/mol. The number of aryl methyl sites for hydroxylation is 1. The quantitative estimate of drug-likeness (QED) is 0.505. The van der Waals surface area contributed by atoms with Crippen molar-refractivity contribution in [1.29, 1.82) is 0 Å². The Bertz CT molecular complexity index is 1080. The first-order valence-corrected chi connectivity index (χ1v) is 9.78. The second-order valence-electron chi connectivity index (χ2n) is 6.56. The number of thiophene rings is 1. The first kappa shape index (κ1) is 18.1. The average molecular weight is 389 g/mol. The maximum Gasteiger partial charge on any atom is 0.261 e. The zero-order chi connectivity index (χ0) is 19.5. The second kappa shape index (κ2) is 7.78. The Kier molecular flexibility index (Phi) is 5.04. The van der Waals surface area contributed by atoms with Gasteiger partial charge in [-0.15, -0.1) is 11.3 Å². The van der Waals surface area contributed by atoms with Crippen molar-refractivity contribution in [2.75, 3.05) is 0 Å². The number of carbonyl (C=O) groups is 1. The van der Waals surface area contributed by atoms with Crippen LogP contribution in [0.2, 0.25) is 0 Å². The fourth-order valence-electron chi connectivity index (χ4n) is 2.81. The standard InChI is InChI=1S/C22H19N3O2S/c1-14-8-10-17(11-9-14)22-24-20(25-27-22)18-12-13-19(28-18)21(26)23-15(2)16-6-4-3-5-7-16/h3-13,15H,1-2H3,(H,23,26)/t15-/m1/s1. The van der Waals surface area contributed by atoms with Crippen molar-refractivity contribution in [3.8, 4) is 22.2 Å². The Hall–Kier alpha value is -3.25. The SMILES string of the molecule is Cc1ccc(-c2nc(-c3ccc(C(=O)N[C@H](C)c4ccccc4)s3)no2)cc1. The van der Waals surface area contributed by atoms with Crippen molar-refractivity contribution in [3.05, 3.63) is 82.7 Å². The molecule has 0 radical (unpaired) electrons. The first-order valence-electron chi connectivity index (χ1n) is 8.97. The Labute approximate surface area is 167 Å². The van der Waals surface area contributed by atoms with Gasteiger partial charge in [0.2, 0.25) is 5.82 Å². The molecule has 0 unspecified atom stereocenters. The van der Waals surface area contributed by atoms with Gasteiger partial charge in [-0.25, -0.2) is 0 Å². The van der Waals surface area contributed by atoms with Crippen molar-refractivity contribution >= 4 is 17.2 Å². The third kappa shape index (κ3) is 3.87. The molecule has 140 valence electrons. The molecule has 5 nitrogen and oxygen atoms in total. The highest BCUT2D eigenvalue weighted by molar-refractivity contribution is 7.17. The van der Waals surface area contributed by atoms with Crippen LogP contribution in [0, 0.1) is 6.92 Å². The summed E-state index contributed by atoms with van der Waals surface area (Å²) < 4.78 is 5.38. The van der Waals surface area contributed by atoms with E-state index >= 15 is 0 Å². The maximum absolute atomic E-state index is 12.6. The molecule has 0 aliphatic carbocycles. The van der Waals surface area contributed by atoms with Crippen LogP contribution >= 0.6 is 11.3 Å². The molecule has 4 aromatic rings. The zero-order valence-corrected chi connectivity index (χ0v) is 16.4. The number of aromatic nitrogens is 2. The largest absolute Gasteiger partial charge is 0.345 e. The molecule has 2 heterocycles. The van der Waals surface area contributed by atoms with Crippen molar-refractivity contribution in [3.63, 3.8) is 0 Å². The van der Waals surface area contributed by atoms with E-state index in [0.717, 1.165) is 16.0 Å². The summed E-state index contributed by atoms with van der Waals surface area (Å²) in [5.41, 5.74) is 3.10. The molecule has 0 saturated carbocycles. The number of nitrogens with zero attached hydrogens (tertiary/aromatic N) is 2. The summed E-state index contributed by atoms with van der Waals surface area (Å²) in [5, 5.41) is 7.08. The molecule has 1 N–H and O–H groups in total. The van der Waals surface area contributed by atoms with Crippen molar-refractivity contribution in [1.82, 2.24) is 15.5 Å². The summed E-state index contributed by atoms with van der Waals surface area (Å²) >= 11 is 1.35. The summed E-state index contributed by atoms with van der Waals surface area (Å²) in [6.07, 6.45) is 0. The molecule has 0 fully saturated rings. The second-order valence-corrected chi connectivity index (χ2v) is 7.64. The predicted octanol–water partition coefficient (Wildman–Crippen LogP) is 5.26. The number of nitrogens with one attached hydrogen (secondary N) is 1. The van der Waals surface area contributed by atoms with E-state index in [4.69, 9.17) is 4.52 Å². The van der Waals surface area contributed by atoms with Crippen LogP contribution in [0.1, 0.15) is 33.8 Å². The van der Waals surface area contributed by atoms with Crippen molar-refractivity contribution < 1.29 is 9.32 Å². The number of amides is 1. The van der Waals surface area contributed by atoms with Gasteiger partial charge in [0.15, 0.2) is 0 Å². The van der Waals surface area contributed by atoms with Gasteiger partial charge in [0, 0.05) is 5.56 Å². The summed E-state index contributed by atoms with van der Waals surface area (Å²) in [5.74, 6) is 0.831. The van der Waals surface area contributed by atoms with E-state index in [-0.39, 0.29) is 11.9 Å². The summed E-state index contributed by atoms with van der Waals surface area (Å²) in [7, 11) is 0. The van der Waals surface area contributed by atoms with Crippen LogP contribution in [0.3, 0.4) is 0 Å². The summed E-state index contributed by atoms with van der Waals surface area (Å²) in [6, 6.07) is 21.3. The molecular formula is C22H19N3O2S. The number of benzene rings is 2. The van der Waals surface area contributed by atoms with Crippen LogP contribution in [-0.2, 0) is 0 Å². The van der Waals surface area contributed by atoms with Crippen LogP contribution in [0.5, 0.6) is 0 Å². The van der Waals surface area contributed by atoms with Gasteiger partial charge in [0.05, 0.1) is 15.8 Å². The van der Waals surface area contributed by atoms with E-state index in [9.17, 15) is 4.79 Å². The Morgan fingerprint density at radius 1 is 1.04 bits per heavy atom. The van der Waals surface area contributed by atoms with E-state index in [1.54, 1.807) is 6.07 Å². The number of rotatable bonds is 5. The number of carbonyl (C=O) groups excluding carboxylic acids is 1.